The van der Waals surface area contributed by atoms with Gasteiger partial charge in [-0.2, -0.15) is 4.31 Å². The van der Waals surface area contributed by atoms with Crippen molar-refractivity contribution in [3.8, 4) is 0 Å². The maximum atomic E-state index is 14.3. The fourth-order valence-electron chi connectivity index (χ4n) is 2.63. The normalized spacial score (nSPS) is 16.5. The van der Waals surface area contributed by atoms with Gasteiger partial charge in [-0.3, -0.25) is 0 Å². The lowest BCUT2D eigenvalue weighted by atomic mass is 10.2. The fraction of sp³-hybridized carbons (Fsp3) is 0.500. The molecule has 0 N–H and O–H groups in total. The van der Waals surface area contributed by atoms with Crippen molar-refractivity contribution in [3.05, 3.63) is 35.9 Å². The maximum Gasteiger partial charge on any atom is 0.220 e. The van der Waals surface area contributed by atoms with Crippen molar-refractivity contribution in [2.45, 2.75) is 19.1 Å². The molecule has 3 rings (SSSR count). The van der Waals surface area contributed by atoms with Crippen molar-refractivity contribution in [2.24, 2.45) is 0 Å². The molecule has 3 heterocycles. The third kappa shape index (κ3) is 3.39. The minimum Gasteiger partial charge on any atom is -0.364 e. The summed E-state index contributed by atoms with van der Waals surface area (Å²) in [5, 5.41) is 3.63. The molecule has 0 saturated carbocycles. The quantitative estimate of drug-likeness (QED) is 0.784. The van der Waals surface area contributed by atoms with Crippen LogP contribution in [-0.4, -0.2) is 54.0 Å². The molecule has 2 aromatic rings. The lowest BCUT2D eigenvalue weighted by Gasteiger charge is -2.34. The van der Waals surface area contributed by atoms with Crippen LogP contribution in [0, 0.1) is 5.82 Å². The van der Waals surface area contributed by atoms with E-state index in [1.54, 1.807) is 4.90 Å². The molecule has 0 amide bonds. The van der Waals surface area contributed by atoms with Crippen molar-refractivity contribution in [1.29, 1.82) is 0 Å². The Bertz CT molecular complexity index is 789. The first-order chi connectivity index (χ1) is 11.5. The van der Waals surface area contributed by atoms with Gasteiger partial charge in [0.15, 0.2) is 11.6 Å². The molecule has 0 radical (unpaired) electrons. The molecule has 1 saturated heterocycles. The molecule has 1 aliphatic heterocycles. The van der Waals surface area contributed by atoms with E-state index in [0.29, 0.717) is 30.9 Å². The SMILES string of the molecule is CCc1ncnc(N2CCN(S(=O)(=O)Cc3ccon3)CC2)c1F. The molecule has 8 nitrogen and oxygen atoms in total. The average molecular weight is 355 g/mol. The van der Waals surface area contributed by atoms with Gasteiger partial charge in [-0.25, -0.2) is 22.8 Å². The second kappa shape index (κ2) is 6.81. The Morgan fingerprint density at radius 3 is 2.62 bits per heavy atom. The van der Waals surface area contributed by atoms with Crippen LogP contribution < -0.4 is 4.90 Å². The number of aryl methyl sites for hydroxylation is 1. The van der Waals surface area contributed by atoms with Gasteiger partial charge in [0.2, 0.25) is 10.0 Å². The van der Waals surface area contributed by atoms with Gasteiger partial charge in [0.25, 0.3) is 0 Å². The maximum absolute atomic E-state index is 14.3. The summed E-state index contributed by atoms with van der Waals surface area (Å²) in [6, 6.07) is 1.52. The van der Waals surface area contributed by atoms with Crippen molar-refractivity contribution in [1.82, 2.24) is 19.4 Å². The number of rotatable bonds is 5. The Labute approximate surface area is 139 Å². The number of sulfonamides is 1. The van der Waals surface area contributed by atoms with Crippen LogP contribution in [0.3, 0.4) is 0 Å². The first-order valence-electron chi connectivity index (χ1n) is 7.62. The Hall–Kier alpha value is -2.07. The van der Waals surface area contributed by atoms with E-state index in [1.807, 2.05) is 6.92 Å². The Kier molecular flexibility index (Phi) is 4.76. The zero-order chi connectivity index (χ0) is 17.2. The van der Waals surface area contributed by atoms with E-state index in [0.717, 1.165) is 0 Å². The molecule has 0 atom stereocenters. The van der Waals surface area contributed by atoms with Crippen molar-refractivity contribution in [3.63, 3.8) is 0 Å². The van der Waals surface area contributed by atoms with Gasteiger partial charge in [0.1, 0.15) is 18.3 Å². The number of nitrogens with zero attached hydrogens (tertiary/aromatic N) is 5. The molecule has 130 valence electrons. The number of hydrogen-bond acceptors (Lipinski definition) is 7. The van der Waals surface area contributed by atoms with Crippen LogP contribution in [0.5, 0.6) is 0 Å². The van der Waals surface area contributed by atoms with Gasteiger partial charge in [-0.05, 0) is 6.42 Å². The average Bonchev–Trinajstić information content (AvgIpc) is 3.07. The Morgan fingerprint density at radius 2 is 2.00 bits per heavy atom. The zero-order valence-electron chi connectivity index (χ0n) is 13.2. The molecule has 10 heteroatoms. The number of hydrogen-bond donors (Lipinski definition) is 0. The van der Waals surface area contributed by atoms with Gasteiger partial charge in [0, 0.05) is 32.2 Å². The highest BCUT2D eigenvalue weighted by molar-refractivity contribution is 7.88. The van der Waals surface area contributed by atoms with Crippen molar-refractivity contribution in [2.75, 3.05) is 31.1 Å². The summed E-state index contributed by atoms with van der Waals surface area (Å²) in [6.45, 7) is 3.10. The van der Waals surface area contributed by atoms with E-state index in [1.165, 1.54) is 23.0 Å². The molecule has 2 aromatic heterocycles. The van der Waals surface area contributed by atoms with Gasteiger partial charge in [-0.15, -0.1) is 0 Å². The molecule has 1 fully saturated rings. The third-order valence-corrected chi connectivity index (χ3v) is 5.74. The molecule has 0 bridgehead atoms. The highest BCUT2D eigenvalue weighted by atomic mass is 32.2. The molecule has 0 aliphatic carbocycles. The van der Waals surface area contributed by atoms with E-state index >= 15 is 0 Å². The number of halogens is 1. The number of aromatic nitrogens is 3. The summed E-state index contributed by atoms with van der Waals surface area (Å²) in [6.07, 6.45) is 3.16. The molecule has 0 aromatic carbocycles. The minimum absolute atomic E-state index is 0.203. The van der Waals surface area contributed by atoms with Gasteiger partial charge < -0.3 is 9.42 Å². The molecule has 0 unspecified atom stereocenters. The molecular formula is C14H18FN5O3S. The van der Waals surface area contributed by atoms with Crippen LogP contribution in [0.25, 0.3) is 0 Å². The monoisotopic (exact) mass is 355 g/mol. The van der Waals surface area contributed by atoms with E-state index < -0.39 is 15.8 Å². The number of anilines is 1. The second-order valence-electron chi connectivity index (χ2n) is 5.44. The minimum atomic E-state index is -3.48. The van der Waals surface area contributed by atoms with E-state index in [9.17, 15) is 12.8 Å². The van der Waals surface area contributed by atoms with Crippen LogP contribution in [0.1, 0.15) is 18.3 Å². The summed E-state index contributed by atoms with van der Waals surface area (Å²) in [5.41, 5.74) is 0.730. The Balaban J connectivity index is 1.68. The largest absolute Gasteiger partial charge is 0.364 e. The first-order valence-corrected chi connectivity index (χ1v) is 9.23. The van der Waals surface area contributed by atoms with Crippen molar-refractivity contribution < 1.29 is 17.3 Å². The summed E-state index contributed by atoms with van der Waals surface area (Å²) in [5.74, 6) is -0.403. The lowest BCUT2D eigenvalue weighted by molar-refractivity contribution is 0.378. The van der Waals surface area contributed by atoms with Crippen LogP contribution in [0.2, 0.25) is 0 Å². The summed E-state index contributed by atoms with van der Waals surface area (Å²) >= 11 is 0. The fourth-order valence-corrected chi connectivity index (χ4v) is 4.06. The standard InChI is InChI=1S/C14H18FN5O3S/c1-2-12-13(15)14(17-10-16-12)19-4-6-20(7-5-19)24(21,22)9-11-3-8-23-18-11/h3,8,10H,2,4-7,9H2,1H3. The Morgan fingerprint density at radius 1 is 1.25 bits per heavy atom. The predicted molar refractivity (Wildman–Crippen MR) is 84.3 cm³/mol. The molecular weight excluding hydrogens is 337 g/mol. The van der Waals surface area contributed by atoms with Gasteiger partial charge in [0.05, 0.1) is 11.4 Å². The van der Waals surface area contributed by atoms with Crippen molar-refractivity contribution >= 4 is 15.8 Å². The van der Waals surface area contributed by atoms with Crippen LogP contribution >= 0.6 is 0 Å². The van der Waals surface area contributed by atoms with E-state index in [-0.39, 0.29) is 24.7 Å². The third-order valence-electron chi connectivity index (χ3n) is 3.93. The van der Waals surface area contributed by atoms with Gasteiger partial charge in [-0.1, -0.05) is 12.1 Å². The predicted octanol–water partition coefficient (Wildman–Crippen LogP) is 0.818. The molecule has 1 aliphatic rings. The van der Waals surface area contributed by atoms with Crippen LogP contribution in [0.15, 0.2) is 23.2 Å². The summed E-state index contributed by atoms with van der Waals surface area (Å²) < 4.78 is 45.1. The summed E-state index contributed by atoms with van der Waals surface area (Å²) in [4.78, 5) is 9.67. The molecule has 24 heavy (non-hydrogen) atoms. The first kappa shape index (κ1) is 16.8. The lowest BCUT2D eigenvalue weighted by Crippen LogP contribution is -2.49. The van der Waals surface area contributed by atoms with Crippen LogP contribution in [-0.2, 0) is 22.2 Å². The van der Waals surface area contributed by atoms with Gasteiger partial charge >= 0.3 is 0 Å². The topological polar surface area (TPSA) is 92.4 Å². The zero-order valence-corrected chi connectivity index (χ0v) is 14.0. The smallest absolute Gasteiger partial charge is 0.220 e. The number of piperazine rings is 1. The van der Waals surface area contributed by atoms with Crippen LogP contribution in [0.4, 0.5) is 10.2 Å². The second-order valence-corrected chi connectivity index (χ2v) is 7.41. The molecule has 0 spiro atoms. The van der Waals surface area contributed by atoms with E-state index in [4.69, 9.17) is 0 Å². The van der Waals surface area contributed by atoms with E-state index in [2.05, 4.69) is 19.6 Å². The highest BCUT2D eigenvalue weighted by Gasteiger charge is 2.29. The highest BCUT2D eigenvalue weighted by Crippen LogP contribution is 2.21. The summed E-state index contributed by atoms with van der Waals surface area (Å²) in [7, 11) is -3.48.